The first-order valence-corrected chi connectivity index (χ1v) is 11.0. The van der Waals surface area contributed by atoms with Crippen molar-refractivity contribution >= 4 is 35.3 Å². The number of nitrogens with zero attached hydrogens (tertiary/aromatic N) is 2. The minimum Gasteiger partial charge on any atom is -0.478 e. The van der Waals surface area contributed by atoms with Gasteiger partial charge in [0.2, 0.25) is 5.60 Å². The molecule has 3 rings (SSSR count). The smallest absolute Gasteiger partial charge is 0.351 e. The van der Waals surface area contributed by atoms with Gasteiger partial charge in [-0.25, -0.2) is 14.6 Å². The van der Waals surface area contributed by atoms with E-state index in [0.29, 0.717) is 17.0 Å². The molecule has 11 nitrogen and oxygen atoms in total. The maximum absolute atomic E-state index is 12.6. The fourth-order valence-corrected chi connectivity index (χ4v) is 3.48. The minimum atomic E-state index is -1.89. The second-order valence-electron chi connectivity index (χ2n) is 9.32. The molecule has 1 aliphatic rings. The maximum atomic E-state index is 12.6. The van der Waals surface area contributed by atoms with Crippen LogP contribution in [-0.2, 0) is 19.2 Å². The third kappa shape index (κ3) is 6.38. The van der Waals surface area contributed by atoms with Crippen molar-refractivity contribution in [1.29, 1.82) is 0 Å². The molecule has 1 aliphatic heterocycles. The van der Waals surface area contributed by atoms with Crippen LogP contribution in [-0.4, -0.2) is 45.9 Å². The van der Waals surface area contributed by atoms with E-state index in [9.17, 15) is 19.5 Å². The number of aliphatic imine (C=N–C) groups is 1. The van der Waals surface area contributed by atoms with Crippen molar-refractivity contribution in [3.8, 4) is 5.75 Å². The summed E-state index contributed by atoms with van der Waals surface area (Å²) in [7, 11) is 0. The number of ether oxygens (including phenoxy) is 2. The van der Waals surface area contributed by atoms with E-state index in [0.717, 1.165) is 5.56 Å². The van der Waals surface area contributed by atoms with Crippen LogP contribution in [0.15, 0.2) is 52.6 Å². The molecule has 0 spiro atoms. The van der Waals surface area contributed by atoms with E-state index >= 15 is 0 Å². The number of rotatable bonds is 7. The number of hydrogen-bond acceptors (Lipinski definition) is 8. The molecule has 5 N–H and O–H groups in total. The van der Waals surface area contributed by atoms with Crippen LogP contribution in [0.3, 0.4) is 0 Å². The van der Waals surface area contributed by atoms with Crippen LogP contribution in [0.2, 0.25) is 0 Å². The van der Waals surface area contributed by atoms with Gasteiger partial charge in [-0.05, 0) is 69.7 Å². The number of aliphatic carboxylic acids is 1. The van der Waals surface area contributed by atoms with Crippen molar-refractivity contribution in [3.05, 3.63) is 59.2 Å². The van der Waals surface area contributed by atoms with E-state index in [2.05, 4.69) is 10.1 Å². The number of guanidine groups is 1. The normalized spacial score (nSPS) is 16.9. The zero-order chi connectivity index (χ0) is 26.7. The van der Waals surface area contributed by atoms with E-state index in [-0.39, 0.29) is 23.7 Å². The standard InChI is InChI=1S/C25H28N4O7/c1-14-5-10-17(34-21(31)15-6-8-16(9-7-15)28-23(26)27)11-18(14)19-12-25(22(32)33,36-29-19)13-20(30)35-24(2,3)4/h5-11H,12-13H2,1-4H3,(H,32,33)(H4,26,27,28). The van der Waals surface area contributed by atoms with Crippen molar-refractivity contribution in [2.24, 2.45) is 21.6 Å². The fraction of sp³-hybridized carbons (Fsp3) is 0.320. The monoisotopic (exact) mass is 496 g/mol. The van der Waals surface area contributed by atoms with Crippen molar-refractivity contribution in [2.45, 2.75) is 51.7 Å². The van der Waals surface area contributed by atoms with E-state index in [1.165, 1.54) is 12.1 Å². The molecule has 11 heteroatoms. The zero-order valence-corrected chi connectivity index (χ0v) is 20.4. The third-order valence-corrected chi connectivity index (χ3v) is 5.11. The van der Waals surface area contributed by atoms with Crippen LogP contribution in [0.1, 0.15) is 55.1 Å². The van der Waals surface area contributed by atoms with Crippen LogP contribution in [0.25, 0.3) is 0 Å². The van der Waals surface area contributed by atoms with Gasteiger partial charge in [0.15, 0.2) is 5.96 Å². The summed E-state index contributed by atoms with van der Waals surface area (Å²) >= 11 is 0. The molecule has 36 heavy (non-hydrogen) atoms. The molecular formula is C25H28N4O7. The number of carboxylic acid groups (broad SMARTS) is 1. The minimum absolute atomic E-state index is 0.102. The van der Waals surface area contributed by atoms with Gasteiger partial charge in [0, 0.05) is 12.0 Å². The van der Waals surface area contributed by atoms with Crippen molar-refractivity contribution < 1.29 is 33.8 Å². The molecule has 1 unspecified atom stereocenters. The zero-order valence-electron chi connectivity index (χ0n) is 20.4. The Morgan fingerprint density at radius 1 is 1.14 bits per heavy atom. The first kappa shape index (κ1) is 26.2. The highest BCUT2D eigenvalue weighted by Gasteiger charge is 2.50. The second kappa shape index (κ2) is 10.1. The van der Waals surface area contributed by atoms with Crippen LogP contribution >= 0.6 is 0 Å². The predicted octanol–water partition coefficient (Wildman–Crippen LogP) is 2.80. The fourth-order valence-electron chi connectivity index (χ4n) is 3.48. The molecule has 190 valence electrons. The number of carbonyl (C=O) groups excluding carboxylic acids is 2. The van der Waals surface area contributed by atoms with Crippen LogP contribution in [0, 0.1) is 6.92 Å². The number of benzene rings is 2. The highest BCUT2D eigenvalue weighted by molar-refractivity contribution is 6.06. The first-order valence-electron chi connectivity index (χ1n) is 11.0. The molecule has 0 saturated carbocycles. The van der Waals surface area contributed by atoms with Crippen molar-refractivity contribution in [3.63, 3.8) is 0 Å². The number of hydrogen-bond donors (Lipinski definition) is 3. The van der Waals surface area contributed by atoms with Crippen molar-refractivity contribution in [2.75, 3.05) is 0 Å². The lowest BCUT2D eigenvalue weighted by Crippen LogP contribution is -2.42. The van der Waals surface area contributed by atoms with Crippen LogP contribution in [0.5, 0.6) is 5.75 Å². The average Bonchev–Trinajstić information content (AvgIpc) is 3.18. The molecule has 0 aromatic heterocycles. The number of nitrogens with two attached hydrogens (primary N) is 2. The lowest BCUT2D eigenvalue weighted by Gasteiger charge is -2.24. The molecule has 2 aromatic carbocycles. The maximum Gasteiger partial charge on any atom is 0.351 e. The highest BCUT2D eigenvalue weighted by Crippen LogP contribution is 2.33. The predicted molar refractivity (Wildman–Crippen MR) is 131 cm³/mol. The average molecular weight is 497 g/mol. The molecule has 2 aromatic rings. The van der Waals surface area contributed by atoms with Gasteiger partial charge in [0.05, 0.1) is 23.4 Å². The third-order valence-electron chi connectivity index (χ3n) is 5.11. The number of carbonyl (C=O) groups is 3. The van der Waals surface area contributed by atoms with Crippen LogP contribution in [0.4, 0.5) is 5.69 Å². The van der Waals surface area contributed by atoms with E-state index < -0.39 is 35.5 Å². The summed E-state index contributed by atoms with van der Waals surface area (Å²) in [6, 6.07) is 11.0. The van der Waals surface area contributed by atoms with Gasteiger partial charge >= 0.3 is 17.9 Å². The molecule has 0 saturated heterocycles. The topological polar surface area (TPSA) is 176 Å². The molecule has 0 bridgehead atoms. The Balaban J connectivity index is 1.77. The Morgan fingerprint density at radius 2 is 1.81 bits per heavy atom. The summed E-state index contributed by atoms with van der Waals surface area (Å²) in [6.07, 6.45) is -0.692. The summed E-state index contributed by atoms with van der Waals surface area (Å²) in [5.74, 6) is -2.55. The van der Waals surface area contributed by atoms with E-state index in [4.69, 9.17) is 25.8 Å². The Labute approximate surface area is 207 Å². The van der Waals surface area contributed by atoms with Crippen molar-refractivity contribution in [1.82, 2.24) is 0 Å². The summed E-state index contributed by atoms with van der Waals surface area (Å²) in [5.41, 5.74) is 10.3. The number of aryl methyl sites for hydroxylation is 1. The summed E-state index contributed by atoms with van der Waals surface area (Å²) in [6.45, 7) is 6.85. The number of esters is 2. The van der Waals surface area contributed by atoms with E-state index in [1.54, 1.807) is 58.0 Å². The quantitative estimate of drug-likeness (QED) is 0.225. The Bertz CT molecular complexity index is 1240. The Kier molecular flexibility index (Phi) is 7.32. The van der Waals surface area contributed by atoms with Gasteiger partial charge in [-0.3, -0.25) is 4.79 Å². The van der Waals surface area contributed by atoms with E-state index in [1.807, 2.05) is 0 Å². The summed E-state index contributed by atoms with van der Waals surface area (Å²) in [4.78, 5) is 46.1. The van der Waals surface area contributed by atoms with Gasteiger partial charge in [-0.1, -0.05) is 11.2 Å². The first-order chi connectivity index (χ1) is 16.8. The van der Waals surface area contributed by atoms with Gasteiger partial charge in [0.25, 0.3) is 0 Å². The molecular weight excluding hydrogens is 468 g/mol. The summed E-state index contributed by atoms with van der Waals surface area (Å²) < 4.78 is 10.7. The number of carboxylic acids is 1. The molecule has 1 heterocycles. The molecule has 0 radical (unpaired) electrons. The summed E-state index contributed by atoms with van der Waals surface area (Å²) in [5, 5.41) is 13.8. The largest absolute Gasteiger partial charge is 0.478 e. The molecule has 0 aliphatic carbocycles. The number of oxime groups is 1. The van der Waals surface area contributed by atoms with Gasteiger partial charge in [-0.2, -0.15) is 0 Å². The van der Waals surface area contributed by atoms with Crippen LogP contribution < -0.4 is 16.2 Å². The Hall–Kier alpha value is -4.41. The van der Waals surface area contributed by atoms with Gasteiger partial charge in [-0.15, -0.1) is 0 Å². The highest BCUT2D eigenvalue weighted by atomic mass is 16.7. The second-order valence-corrected chi connectivity index (χ2v) is 9.32. The van der Waals surface area contributed by atoms with Gasteiger partial charge < -0.3 is 30.9 Å². The lowest BCUT2D eigenvalue weighted by atomic mass is 9.89. The lowest BCUT2D eigenvalue weighted by molar-refractivity contribution is -0.175. The van der Waals surface area contributed by atoms with Gasteiger partial charge in [0.1, 0.15) is 11.4 Å². The molecule has 0 amide bonds. The Morgan fingerprint density at radius 3 is 2.39 bits per heavy atom. The molecule has 0 fully saturated rings. The molecule has 1 atom stereocenters. The SMILES string of the molecule is Cc1ccc(OC(=O)c2ccc(N=C(N)N)cc2)cc1C1=NOC(CC(=O)OC(C)(C)C)(C(=O)O)C1.